The summed E-state index contributed by atoms with van der Waals surface area (Å²) < 4.78 is 3.77. The van der Waals surface area contributed by atoms with Crippen LogP contribution in [0.1, 0.15) is 25.0 Å². The molecule has 6 atom stereocenters. The number of hydrogen-bond donors (Lipinski definition) is 1. The first kappa shape index (κ1) is 33.4. The minimum Gasteiger partial charge on any atom is -0.494 e. The molecule has 4 heterocycles. The van der Waals surface area contributed by atoms with Crippen LogP contribution < -0.4 is 14.5 Å². The number of benzene rings is 3. The minimum atomic E-state index is -1.08. The molecular weight excluding hydrogens is 658 g/mol. The number of rotatable bonds is 8. The van der Waals surface area contributed by atoms with Gasteiger partial charge in [0.2, 0.25) is 11.8 Å². The number of thioether (sulfide) groups is 1. The zero-order valence-electron chi connectivity index (χ0n) is 27.8. The highest BCUT2D eigenvalue weighted by molar-refractivity contribution is 8.02. The Hall–Kier alpha value is -4.05. The monoisotopic (exact) mass is 697 g/mol. The van der Waals surface area contributed by atoms with E-state index in [1.165, 1.54) is 11.8 Å². The minimum absolute atomic E-state index is 0.174. The maximum atomic E-state index is 15.1. The molecule has 1 N–H and O–H groups in total. The van der Waals surface area contributed by atoms with E-state index in [-0.39, 0.29) is 30.9 Å². The molecule has 49 heavy (non-hydrogen) atoms. The number of aryl methyl sites for hydroxylation is 1. The summed E-state index contributed by atoms with van der Waals surface area (Å²) in [4.78, 5) is 50.1. The second kappa shape index (κ2) is 13.0. The Bertz CT molecular complexity index is 1810. The number of likely N-dealkylation sites (tertiary alicyclic amines) is 1. The Kier molecular flexibility index (Phi) is 8.88. The van der Waals surface area contributed by atoms with Gasteiger partial charge in [-0.2, -0.15) is 0 Å². The molecule has 7 rings (SSSR count). The summed E-state index contributed by atoms with van der Waals surface area (Å²) in [5.74, 6) is -1.67. The van der Waals surface area contributed by atoms with Crippen molar-refractivity contribution in [3.63, 3.8) is 0 Å². The summed E-state index contributed by atoms with van der Waals surface area (Å²) in [7, 11) is 0. The molecule has 2 saturated heterocycles. The molecule has 8 nitrogen and oxygen atoms in total. The van der Waals surface area contributed by atoms with Crippen LogP contribution in [0.15, 0.2) is 97.1 Å². The molecule has 1 unspecified atom stereocenters. The Balaban J connectivity index is 1.36. The SMILES string of the molecule is CCOc1ccc(N2CC=C[C@@]3(C)S[C@]45C=CCN(c6c(C)cccc6Cl)C(=O)C4N([C@@H](CO)Cc4ccccc4)C(=O)[C@@H]5[C@H]3C2=O)cc1. The van der Waals surface area contributed by atoms with E-state index in [4.69, 9.17) is 16.3 Å². The molecule has 1 spiro atoms. The molecule has 2 fully saturated rings. The summed E-state index contributed by atoms with van der Waals surface area (Å²) in [6.07, 6.45) is 8.32. The quantitative estimate of drug-likeness (QED) is 0.298. The summed E-state index contributed by atoms with van der Waals surface area (Å²) in [5.41, 5.74) is 3.07. The lowest BCUT2D eigenvalue weighted by atomic mass is 9.74. The van der Waals surface area contributed by atoms with Crippen molar-refractivity contribution in [3.8, 4) is 5.75 Å². The number of amides is 3. The number of carbonyl (C=O) groups excluding carboxylic acids is 3. The van der Waals surface area contributed by atoms with E-state index in [9.17, 15) is 9.90 Å². The van der Waals surface area contributed by atoms with Gasteiger partial charge >= 0.3 is 0 Å². The van der Waals surface area contributed by atoms with Crippen molar-refractivity contribution in [3.05, 3.63) is 113 Å². The zero-order chi connectivity index (χ0) is 34.5. The van der Waals surface area contributed by atoms with Crippen molar-refractivity contribution >= 4 is 52.5 Å². The molecular formula is C39H40ClN3O5S. The third kappa shape index (κ3) is 5.47. The second-order valence-corrected chi connectivity index (χ2v) is 15.5. The number of hydrogen-bond acceptors (Lipinski definition) is 6. The van der Waals surface area contributed by atoms with Crippen LogP contribution in [0.5, 0.6) is 5.75 Å². The Morgan fingerprint density at radius 3 is 2.31 bits per heavy atom. The van der Waals surface area contributed by atoms with Gasteiger partial charge in [0.1, 0.15) is 11.8 Å². The molecule has 3 amide bonds. The lowest BCUT2D eigenvalue weighted by Gasteiger charge is -2.40. The third-order valence-corrected chi connectivity index (χ3v) is 12.4. The largest absolute Gasteiger partial charge is 0.494 e. The van der Waals surface area contributed by atoms with E-state index in [1.54, 1.807) is 20.8 Å². The van der Waals surface area contributed by atoms with Crippen LogP contribution in [-0.4, -0.2) is 75.6 Å². The topological polar surface area (TPSA) is 90.4 Å². The Labute approximate surface area is 296 Å². The standard InChI is InChI=1S/C39H40ClN3O5S/c1-4-48-29-17-15-27(16-18-29)41-21-9-19-38(3)31(35(41)45)32-36(46)43(28(24-44)23-26-12-6-5-7-13-26)34-37(47)42(22-10-20-39(32,34)49-38)33-25(2)11-8-14-30(33)40/h5-20,28,31-32,34,44H,4,21-24H2,1-3H3/t28-,31+,32+,34?,38-,39+/m1/s1. The molecule has 3 aromatic carbocycles. The highest BCUT2D eigenvalue weighted by atomic mass is 35.5. The average molecular weight is 698 g/mol. The van der Waals surface area contributed by atoms with Gasteiger partial charge in [-0.15, -0.1) is 11.8 Å². The van der Waals surface area contributed by atoms with Crippen LogP contribution in [0, 0.1) is 18.8 Å². The van der Waals surface area contributed by atoms with Gasteiger partial charge in [-0.3, -0.25) is 14.4 Å². The van der Waals surface area contributed by atoms with E-state index in [1.807, 2.05) is 112 Å². The van der Waals surface area contributed by atoms with Crippen LogP contribution in [-0.2, 0) is 20.8 Å². The molecule has 0 aliphatic carbocycles. The number of aliphatic hydroxyl groups is 1. The van der Waals surface area contributed by atoms with Gasteiger partial charge in [-0.25, -0.2) is 0 Å². The molecule has 10 heteroatoms. The first-order chi connectivity index (χ1) is 23.6. The van der Waals surface area contributed by atoms with Crippen molar-refractivity contribution in [1.29, 1.82) is 0 Å². The summed E-state index contributed by atoms with van der Waals surface area (Å²) >= 11 is 8.27. The number of carbonyl (C=O) groups is 3. The first-order valence-electron chi connectivity index (χ1n) is 16.8. The fourth-order valence-electron chi connectivity index (χ4n) is 8.28. The maximum absolute atomic E-state index is 15.1. The van der Waals surface area contributed by atoms with Crippen LogP contribution in [0.2, 0.25) is 5.02 Å². The normalized spacial score (nSPS) is 28.2. The number of anilines is 2. The van der Waals surface area contributed by atoms with Crippen molar-refractivity contribution < 1.29 is 24.2 Å². The van der Waals surface area contributed by atoms with Crippen LogP contribution >= 0.6 is 23.4 Å². The highest BCUT2D eigenvalue weighted by Gasteiger charge is 2.74. The molecule has 4 aliphatic rings. The Morgan fingerprint density at radius 2 is 1.61 bits per heavy atom. The predicted octanol–water partition coefficient (Wildman–Crippen LogP) is 5.84. The van der Waals surface area contributed by atoms with Crippen LogP contribution in [0.3, 0.4) is 0 Å². The van der Waals surface area contributed by atoms with Crippen molar-refractivity contribution in [1.82, 2.24) is 4.90 Å². The maximum Gasteiger partial charge on any atom is 0.251 e. The Morgan fingerprint density at radius 1 is 0.898 bits per heavy atom. The molecule has 0 bridgehead atoms. The molecule has 0 radical (unpaired) electrons. The van der Waals surface area contributed by atoms with Gasteiger partial charge < -0.3 is 24.5 Å². The van der Waals surface area contributed by atoms with Gasteiger partial charge in [-0.05, 0) is 68.7 Å². The van der Waals surface area contributed by atoms with Gasteiger partial charge in [0, 0.05) is 23.5 Å². The number of para-hydroxylation sites is 1. The molecule has 254 valence electrons. The predicted molar refractivity (Wildman–Crippen MR) is 194 cm³/mol. The van der Waals surface area contributed by atoms with Gasteiger partial charge in [-0.1, -0.05) is 78.4 Å². The van der Waals surface area contributed by atoms with Crippen LogP contribution in [0.4, 0.5) is 11.4 Å². The first-order valence-corrected chi connectivity index (χ1v) is 18.0. The number of nitrogens with zero attached hydrogens (tertiary/aromatic N) is 3. The second-order valence-electron chi connectivity index (χ2n) is 13.3. The van der Waals surface area contributed by atoms with Crippen molar-refractivity contribution in [2.24, 2.45) is 11.8 Å². The lowest BCUT2D eigenvalue weighted by Crippen LogP contribution is -2.57. The van der Waals surface area contributed by atoms with E-state index in [2.05, 4.69) is 0 Å². The van der Waals surface area contributed by atoms with Crippen molar-refractivity contribution in [2.75, 3.05) is 36.1 Å². The summed E-state index contributed by atoms with van der Waals surface area (Å²) in [5, 5.41) is 11.4. The van der Waals surface area contributed by atoms with E-state index in [0.29, 0.717) is 41.7 Å². The molecule has 0 saturated carbocycles. The van der Waals surface area contributed by atoms with E-state index < -0.39 is 33.4 Å². The zero-order valence-corrected chi connectivity index (χ0v) is 29.4. The van der Waals surface area contributed by atoms with Gasteiger partial charge in [0.05, 0.1) is 46.5 Å². The van der Waals surface area contributed by atoms with E-state index >= 15 is 9.59 Å². The fourth-order valence-corrected chi connectivity index (χ4v) is 10.7. The van der Waals surface area contributed by atoms with E-state index in [0.717, 1.165) is 11.1 Å². The smallest absolute Gasteiger partial charge is 0.251 e. The summed E-state index contributed by atoms with van der Waals surface area (Å²) in [6.45, 7) is 6.63. The molecule has 3 aromatic rings. The third-order valence-electron chi connectivity index (χ3n) is 10.3. The molecule has 4 aliphatic heterocycles. The number of aliphatic hydroxyl groups excluding tert-OH is 1. The summed E-state index contributed by atoms with van der Waals surface area (Å²) in [6, 6.07) is 20.9. The lowest BCUT2D eigenvalue weighted by molar-refractivity contribution is -0.142. The number of ether oxygens (including phenoxy) is 1. The number of fused-ring (bicyclic) bond motifs is 2. The van der Waals surface area contributed by atoms with Gasteiger partial charge in [0.25, 0.3) is 5.91 Å². The highest BCUT2D eigenvalue weighted by Crippen LogP contribution is 2.66. The van der Waals surface area contributed by atoms with Crippen molar-refractivity contribution in [2.45, 2.75) is 48.8 Å². The number of halogens is 1. The fraction of sp³-hybridized carbons (Fsp3) is 0.359. The average Bonchev–Trinajstić information content (AvgIpc) is 3.37. The molecule has 0 aromatic heterocycles. The van der Waals surface area contributed by atoms with Crippen LogP contribution in [0.25, 0.3) is 0 Å². The van der Waals surface area contributed by atoms with Gasteiger partial charge in [0.15, 0.2) is 0 Å².